The second-order valence-corrected chi connectivity index (χ2v) is 4.00. The third-order valence-corrected chi connectivity index (χ3v) is 3.31. The van der Waals surface area contributed by atoms with Gasteiger partial charge >= 0.3 is 0 Å². The van der Waals surface area contributed by atoms with E-state index in [1.54, 1.807) is 0 Å². The summed E-state index contributed by atoms with van der Waals surface area (Å²) in [5.74, 6) is -0.993. The highest BCUT2D eigenvalue weighted by molar-refractivity contribution is 6.18. The highest BCUT2D eigenvalue weighted by Crippen LogP contribution is 2.24. The summed E-state index contributed by atoms with van der Waals surface area (Å²) in [4.78, 5) is 3.69. The monoisotopic (exact) mass is 248 g/mol. The summed E-state index contributed by atoms with van der Waals surface area (Å²) < 4.78 is 26.1. The molecule has 0 aromatic carbocycles. The quantitative estimate of drug-likeness (QED) is 0.806. The van der Waals surface area contributed by atoms with E-state index in [2.05, 4.69) is 10.3 Å². The molecule has 2 nitrogen and oxygen atoms in total. The van der Waals surface area contributed by atoms with Crippen LogP contribution in [0.1, 0.15) is 26.7 Å². The molecule has 0 bridgehead atoms. The Kier molecular flexibility index (Phi) is 4.47. The topological polar surface area (TPSA) is 24.9 Å². The number of halogens is 3. The van der Waals surface area contributed by atoms with Crippen molar-refractivity contribution in [2.24, 2.45) is 0 Å². The molecule has 16 heavy (non-hydrogen) atoms. The Labute approximate surface area is 99.0 Å². The predicted octanol–water partition coefficient (Wildman–Crippen LogP) is 3.57. The molecule has 1 aromatic heterocycles. The number of pyridine rings is 1. The maximum Gasteiger partial charge on any atom is 0.168 e. The first-order valence-corrected chi connectivity index (χ1v) is 5.75. The van der Waals surface area contributed by atoms with Crippen molar-refractivity contribution in [2.75, 3.05) is 11.2 Å². The normalized spacial score (nSPS) is 11.6. The van der Waals surface area contributed by atoms with Gasteiger partial charge in [-0.1, -0.05) is 13.8 Å². The molecular weight excluding hydrogens is 234 g/mol. The highest BCUT2D eigenvalue weighted by Gasteiger charge is 2.26. The number of rotatable bonds is 5. The lowest BCUT2D eigenvalue weighted by Gasteiger charge is -2.31. The minimum Gasteiger partial charge on any atom is -0.361 e. The molecule has 0 spiro atoms. The number of aromatic nitrogens is 1. The standard InChI is InChI=1S/C11H15ClF2N2/c1-3-11(4-2,7-12)16-10-9(14)5-8(13)6-15-10/h5-6H,3-4,7H2,1-2H3,(H,15,16). The van der Waals surface area contributed by atoms with E-state index in [4.69, 9.17) is 11.6 Å². The van der Waals surface area contributed by atoms with Crippen LogP contribution in [0.2, 0.25) is 0 Å². The molecule has 0 atom stereocenters. The zero-order chi connectivity index (χ0) is 12.2. The van der Waals surface area contributed by atoms with Crippen LogP contribution >= 0.6 is 11.6 Å². The molecule has 90 valence electrons. The summed E-state index contributed by atoms with van der Waals surface area (Å²) in [5, 5.41) is 2.95. The number of anilines is 1. The fraction of sp³-hybridized carbons (Fsp3) is 0.545. The van der Waals surface area contributed by atoms with Gasteiger partial charge in [-0.25, -0.2) is 13.8 Å². The second kappa shape index (κ2) is 5.43. The van der Waals surface area contributed by atoms with Crippen molar-refractivity contribution in [1.82, 2.24) is 4.98 Å². The zero-order valence-corrected chi connectivity index (χ0v) is 10.1. The minimum atomic E-state index is -0.698. The number of hydrogen-bond donors (Lipinski definition) is 1. The van der Waals surface area contributed by atoms with Crippen LogP contribution in [0.5, 0.6) is 0 Å². The van der Waals surface area contributed by atoms with Crippen molar-refractivity contribution in [3.63, 3.8) is 0 Å². The van der Waals surface area contributed by atoms with Gasteiger partial charge in [0.15, 0.2) is 11.6 Å². The van der Waals surface area contributed by atoms with E-state index < -0.39 is 17.2 Å². The van der Waals surface area contributed by atoms with E-state index in [0.717, 1.165) is 25.1 Å². The Balaban J connectivity index is 2.93. The number of nitrogens with one attached hydrogen (secondary N) is 1. The summed E-state index contributed by atoms with van der Waals surface area (Å²) in [5.41, 5.74) is -0.396. The molecule has 0 aliphatic heterocycles. The molecule has 1 rings (SSSR count). The van der Waals surface area contributed by atoms with Gasteiger partial charge in [-0.15, -0.1) is 11.6 Å². The van der Waals surface area contributed by atoms with Gasteiger partial charge in [-0.3, -0.25) is 0 Å². The smallest absolute Gasteiger partial charge is 0.168 e. The molecule has 1 heterocycles. The average molecular weight is 249 g/mol. The first-order chi connectivity index (χ1) is 7.56. The Hall–Kier alpha value is -0.900. The SMILES string of the molecule is CCC(CC)(CCl)Nc1ncc(F)cc1F. The molecule has 0 amide bonds. The molecule has 0 unspecified atom stereocenters. The second-order valence-electron chi connectivity index (χ2n) is 3.73. The molecular formula is C11H15ClF2N2. The highest BCUT2D eigenvalue weighted by atomic mass is 35.5. The van der Waals surface area contributed by atoms with Crippen molar-refractivity contribution >= 4 is 17.4 Å². The Morgan fingerprint density at radius 2 is 2.00 bits per heavy atom. The molecule has 0 radical (unpaired) electrons. The number of alkyl halides is 1. The third kappa shape index (κ3) is 2.82. The number of hydrogen-bond acceptors (Lipinski definition) is 2. The van der Waals surface area contributed by atoms with Crippen LogP contribution in [-0.2, 0) is 0 Å². The summed E-state index contributed by atoms with van der Waals surface area (Å²) >= 11 is 5.87. The molecule has 0 saturated heterocycles. The van der Waals surface area contributed by atoms with Crippen LogP contribution in [0.15, 0.2) is 12.3 Å². The van der Waals surface area contributed by atoms with E-state index >= 15 is 0 Å². The lowest BCUT2D eigenvalue weighted by Crippen LogP contribution is -2.39. The maximum absolute atomic E-state index is 13.4. The van der Waals surface area contributed by atoms with Gasteiger partial charge in [0.25, 0.3) is 0 Å². The minimum absolute atomic E-state index is 0.0470. The largest absolute Gasteiger partial charge is 0.361 e. The van der Waals surface area contributed by atoms with Crippen LogP contribution in [0.4, 0.5) is 14.6 Å². The summed E-state index contributed by atoms with van der Waals surface area (Å²) in [6.45, 7) is 3.92. The fourth-order valence-electron chi connectivity index (χ4n) is 1.41. The van der Waals surface area contributed by atoms with Crippen molar-refractivity contribution < 1.29 is 8.78 Å². The van der Waals surface area contributed by atoms with Gasteiger partial charge < -0.3 is 5.32 Å². The molecule has 5 heteroatoms. The van der Waals surface area contributed by atoms with Crippen LogP contribution < -0.4 is 5.32 Å². The average Bonchev–Trinajstić information content (AvgIpc) is 2.29. The van der Waals surface area contributed by atoms with Gasteiger partial charge in [0, 0.05) is 11.9 Å². The predicted molar refractivity (Wildman–Crippen MR) is 61.8 cm³/mol. The zero-order valence-electron chi connectivity index (χ0n) is 9.36. The maximum atomic E-state index is 13.4. The van der Waals surface area contributed by atoms with Gasteiger partial charge in [-0.05, 0) is 12.8 Å². The summed E-state index contributed by atoms with van der Waals surface area (Å²) in [7, 11) is 0. The Morgan fingerprint density at radius 1 is 1.38 bits per heavy atom. The van der Waals surface area contributed by atoms with Gasteiger partial charge in [0.2, 0.25) is 0 Å². The van der Waals surface area contributed by atoms with E-state index in [9.17, 15) is 8.78 Å². The molecule has 0 aliphatic carbocycles. The van der Waals surface area contributed by atoms with Gasteiger partial charge in [-0.2, -0.15) is 0 Å². The van der Waals surface area contributed by atoms with Crippen LogP contribution in [0, 0.1) is 11.6 Å². The number of nitrogens with zero attached hydrogens (tertiary/aromatic N) is 1. The lowest BCUT2D eigenvalue weighted by atomic mass is 9.95. The summed E-state index contributed by atoms with van der Waals surface area (Å²) in [6.07, 6.45) is 2.46. The summed E-state index contributed by atoms with van der Waals surface area (Å²) in [6, 6.07) is 0.805. The van der Waals surface area contributed by atoms with Gasteiger partial charge in [0.1, 0.15) is 5.82 Å². The van der Waals surface area contributed by atoms with Gasteiger partial charge in [0.05, 0.1) is 11.7 Å². The van der Waals surface area contributed by atoms with Crippen molar-refractivity contribution in [1.29, 1.82) is 0 Å². The Morgan fingerprint density at radius 3 is 2.44 bits per heavy atom. The van der Waals surface area contributed by atoms with E-state index in [1.807, 2.05) is 13.8 Å². The lowest BCUT2D eigenvalue weighted by molar-refractivity contribution is 0.475. The third-order valence-electron chi connectivity index (χ3n) is 2.80. The van der Waals surface area contributed by atoms with Crippen LogP contribution in [0.25, 0.3) is 0 Å². The van der Waals surface area contributed by atoms with E-state index in [0.29, 0.717) is 5.88 Å². The fourth-order valence-corrected chi connectivity index (χ4v) is 1.85. The van der Waals surface area contributed by atoms with Crippen LogP contribution in [-0.4, -0.2) is 16.4 Å². The molecule has 0 fully saturated rings. The van der Waals surface area contributed by atoms with E-state index in [1.165, 1.54) is 0 Å². The first-order valence-electron chi connectivity index (χ1n) is 5.22. The van der Waals surface area contributed by atoms with E-state index in [-0.39, 0.29) is 5.82 Å². The molecule has 1 N–H and O–H groups in total. The van der Waals surface area contributed by atoms with Crippen molar-refractivity contribution in [3.05, 3.63) is 23.9 Å². The molecule has 0 aliphatic rings. The molecule has 1 aromatic rings. The van der Waals surface area contributed by atoms with Crippen molar-refractivity contribution in [3.8, 4) is 0 Å². The molecule has 0 saturated carbocycles. The Bertz CT molecular complexity index is 346. The van der Waals surface area contributed by atoms with Crippen molar-refractivity contribution in [2.45, 2.75) is 32.2 Å². The first kappa shape index (κ1) is 13.2. The van der Waals surface area contributed by atoms with Crippen LogP contribution in [0.3, 0.4) is 0 Å².